The van der Waals surface area contributed by atoms with Crippen LogP contribution >= 0.6 is 11.3 Å². The second-order valence-corrected chi connectivity index (χ2v) is 8.75. The van der Waals surface area contributed by atoms with Crippen LogP contribution in [0, 0.1) is 13.8 Å². The predicted molar refractivity (Wildman–Crippen MR) is 115 cm³/mol. The standard InChI is InChI=1S/C21H25N5O2S/c1-13-10-15(20(28)23-16-6-4-3-5-7-16)8-9-18(13)22-12-17-11-19(27)26-21(24-17)29-14(2)25-26/h8-11,16,22H,3-7,12H2,1-2H3,(H,23,28). The van der Waals surface area contributed by atoms with Gasteiger partial charge in [0.05, 0.1) is 12.2 Å². The van der Waals surface area contributed by atoms with Gasteiger partial charge in [0.25, 0.3) is 11.5 Å². The Morgan fingerprint density at radius 2 is 2.00 bits per heavy atom. The number of hydrogen-bond donors (Lipinski definition) is 2. The zero-order valence-electron chi connectivity index (χ0n) is 16.7. The number of carbonyl (C=O) groups is 1. The summed E-state index contributed by atoms with van der Waals surface area (Å²) in [6, 6.07) is 7.45. The van der Waals surface area contributed by atoms with Crippen LogP contribution in [0.25, 0.3) is 4.96 Å². The number of rotatable bonds is 5. The van der Waals surface area contributed by atoms with Gasteiger partial charge in [-0.2, -0.15) is 9.61 Å². The van der Waals surface area contributed by atoms with Gasteiger partial charge in [0.1, 0.15) is 5.01 Å². The van der Waals surface area contributed by atoms with E-state index in [4.69, 9.17) is 0 Å². The monoisotopic (exact) mass is 411 g/mol. The molecule has 3 aromatic rings. The van der Waals surface area contributed by atoms with Crippen LogP contribution in [-0.2, 0) is 6.54 Å². The van der Waals surface area contributed by atoms with Gasteiger partial charge in [0.2, 0.25) is 4.96 Å². The molecular formula is C21H25N5O2S. The number of benzene rings is 1. The average Bonchev–Trinajstić information content (AvgIpc) is 3.08. The molecular weight excluding hydrogens is 386 g/mol. The van der Waals surface area contributed by atoms with E-state index < -0.39 is 0 Å². The van der Waals surface area contributed by atoms with Crippen molar-refractivity contribution in [3.63, 3.8) is 0 Å². The molecule has 2 heterocycles. The summed E-state index contributed by atoms with van der Waals surface area (Å²) in [4.78, 5) is 29.8. The van der Waals surface area contributed by atoms with Crippen molar-refractivity contribution in [2.75, 3.05) is 5.32 Å². The van der Waals surface area contributed by atoms with E-state index in [9.17, 15) is 9.59 Å². The summed E-state index contributed by atoms with van der Waals surface area (Å²) < 4.78 is 1.33. The van der Waals surface area contributed by atoms with Crippen LogP contribution in [0.5, 0.6) is 0 Å². The fourth-order valence-electron chi connectivity index (χ4n) is 3.75. The smallest absolute Gasteiger partial charge is 0.275 e. The van der Waals surface area contributed by atoms with Crippen molar-refractivity contribution in [1.29, 1.82) is 0 Å². The first-order valence-electron chi connectivity index (χ1n) is 10.0. The number of nitrogens with one attached hydrogen (secondary N) is 2. The maximum Gasteiger partial charge on any atom is 0.275 e. The van der Waals surface area contributed by atoms with Crippen LogP contribution in [0.3, 0.4) is 0 Å². The summed E-state index contributed by atoms with van der Waals surface area (Å²) >= 11 is 1.39. The molecule has 152 valence electrons. The molecule has 0 aliphatic heterocycles. The normalized spacial score (nSPS) is 14.8. The van der Waals surface area contributed by atoms with E-state index in [0.717, 1.165) is 29.1 Å². The Morgan fingerprint density at radius 3 is 2.76 bits per heavy atom. The number of fused-ring (bicyclic) bond motifs is 1. The molecule has 0 bridgehead atoms. The SMILES string of the molecule is Cc1nn2c(=O)cc(CNc3ccc(C(=O)NC4CCCCC4)cc3C)nc2s1. The van der Waals surface area contributed by atoms with Gasteiger partial charge >= 0.3 is 0 Å². The molecule has 2 N–H and O–H groups in total. The molecule has 2 aromatic heterocycles. The number of carbonyl (C=O) groups excluding carboxylic acids is 1. The molecule has 1 fully saturated rings. The Bertz CT molecular complexity index is 1100. The van der Waals surface area contributed by atoms with Crippen LogP contribution in [0.2, 0.25) is 0 Å². The van der Waals surface area contributed by atoms with Crippen molar-refractivity contribution in [2.45, 2.75) is 58.5 Å². The Hall–Kier alpha value is -2.74. The van der Waals surface area contributed by atoms with Gasteiger partial charge in [-0.25, -0.2) is 4.98 Å². The minimum Gasteiger partial charge on any atom is -0.379 e. The third-order valence-corrected chi connectivity index (χ3v) is 6.11. The van der Waals surface area contributed by atoms with Crippen molar-refractivity contribution in [1.82, 2.24) is 19.9 Å². The molecule has 1 aliphatic carbocycles. The topological polar surface area (TPSA) is 88.4 Å². The number of amides is 1. The maximum absolute atomic E-state index is 12.5. The van der Waals surface area contributed by atoms with Crippen molar-refractivity contribution in [3.05, 3.63) is 56.4 Å². The molecule has 1 saturated carbocycles. The Labute approximate surface area is 173 Å². The van der Waals surface area contributed by atoms with Crippen LogP contribution < -0.4 is 16.2 Å². The lowest BCUT2D eigenvalue weighted by Crippen LogP contribution is -2.36. The predicted octanol–water partition coefficient (Wildman–Crippen LogP) is 3.44. The van der Waals surface area contributed by atoms with Crippen LogP contribution in [0.1, 0.15) is 58.7 Å². The Balaban J connectivity index is 1.43. The van der Waals surface area contributed by atoms with Gasteiger partial charge in [-0.15, -0.1) is 0 Å². The van der Waals surface area contributed by atoms with E-state index in [-0.39, 0.29) is 11.5 Å². The lowest BCUT2D eigenvalue weighted by molar-refractivity contribution is 0.0927. The van der Waals surface area contributed by atoms with Crippen LogP contribution in [0.15, 0.2) is 29.1 Å². The summed E-state index contributed by atoms with van der Waals surface area (Å²) in [6.07, 6.45) is 5.79. The summed E-state index contributed by atoms with van der Waals surface area (Å²) in [5.41, 5.74) is 3.06. The third kappa shape index (κ3) is 4.48. The Kier molecular flexibility index (Phi) is 5.62. The minimum atomic E-state index is -0.178. The molecule has 1 aromatic carbocycles. The van der Waals surface area contributed by atoms with Crippen molar-refractivity contribution < 1.29 is 4.79 Å². The highest BCUT2D eigenvalue weighted by Crippen LogP contribution is 2.20. The summed E-state index contributed by atoms with van der Waals surface area (Å²) in [5.74, 6) is -0.00717. The molecule has 29 heavy (non-hydrogen) atoms. The highest BCUT2D eigenvalue weighted by Gasteiger charge is 2.17. The summed E-state index contributed by atoms with van der Waals surface area (Å²) in [7, 11) is 0. The maximum atomic E-state index is 12.5. The molecule has 1 aliphatic rings. The zero-order valence-corrected chi connectivity index (χ0v) is 17.5. The van der Waals surface area contributed by atoms with Gasteiger partial charge in [-0.05, 0) is 50.5 Å². The molecule has 0 unspecified atom stereocenters. The summed E-state index contributed by atoms with van der Waals surface area (Å²) in [6.45, 7) is 4.25. The van der Waals surface area contributed by atoms with Gasteiger partial charge in [0.15, 0.2) is 0 Å². The van der Waals surface area contributed by atoms with E-state index >= 15 is 0 Å². The molecule has 0 spiro atoms. The third-order valence-electron chi connectivity index (χ3n) is 5.29. The van der Waals surface area contributed by atoms with Gasteiger partial charge in [-0.1, -0.05) is 30.6 Å². The molecule has 0 atom stereocenters. The summed E-state index contributed by atoms with van der Waals surface area (Å²) in [5, 5.41) is 11.4. The number of aryl methyl sites for hydroxylation is 2. The molecule has 4 rings (SSSR count). The van der Waals surface area contributed by atoms with E-state index in [1.807, 2.05) is 32.0 Å². The number of anilines is 1. The fraction of sp³-hybridized carbons (Fsp3) is 0.429. The first-order chi connectivity index (χ1) is 14.0. The van der Waals surface area contributed by atoms with E-state index in [1.165, 1.54) is 41.2 Å². The molecule has 1 amide bonds. The number of nitrogens with zero attached hydrogens (tertiary/aromatic N) is 3. The average molecular weight is 412 g/mol. The number of hydrogen-bond acceptors (Lipinski definition) is 6. The van der Waals surface area contributed by atoms with E-state index in [2.05, 4.69) is 20.7 Å². The largest absolute Gasteiger partial charge is 0.379 e. The first kappa shape index (κ1) is 19.6. The quantitative estimate of drug-likeness (QED) is 0.671. The lowest BCUT2D eigenvalue weighted by Gasteiger charge is -2.23. The van der Waals surface area contributed by atoms with E-state index in [0.29, 0.717) is 28.8 Å². The fourth-order valence-corrected chi connectivity index (χ4v) is 4.51. The second-order valence-electron chi connectivity index (χ2n) is 7.59. The van der Waals surface area contributed by atoms with Crippen molar-refractivity contribution in [2.24, 2.45) is 0 Å². The Morgan fingerprint density at radius 1 is 1.21 bits per heavy atom. The second kappa shape index (κ2) is 8.32. The van der Waals surface area contributed by atoms with Gasteiger partial charge < -0.3 is 10.6 Å². The molecule has 0 saturated heterocycles. The van der Waals surface area contributed by atoms with Crippen molar-refractivity contribution >= 4 is 27.9 Å². The lowest BCUT2D eigenvalue weighted by atomic mass is 9.95. The van der Waals surface area contributed by atoms with Crippen LogP contribution in [0.4, 0.5) is 5.69 Å². The molecule has 8 heteroatoms. The van der Waals surface area contributed by atoms with Crippen molar-refractivity contribution in [3.8, 4) is 0 Å². The highest BCUT2D eigenvalue weighted by atomic mass is 32.1. The first-order valence-corrected chi connectivity index (χ1v) is 10.8. The van der Waals surface area contributed by atoms with Gasteiger partial charge in [-0.3, -0.25) is 9.59 Å². The minimum absolute atomic E-state index is 0.00717. The van der Waals surface area contributed by atoms with Gasteiger partial charge in [0, 0.05) is 23.4 Å². The van der Waals surface area contributed by atoms with E-state index in [1.54, 1.807) is 0 Å². The highest BCUT2D eigenvalue weighted by molar-refractivity contribution is 7.16. The molecule has 0 radical (unpaired) electrons. The zero-order chi connectivity index (χ0) is 20.4. The molecule has 7 nitrogen and oxygen atoms in total. The van der Waals surface area contributed by atoms with Crippen LogP contribution in [-0.4, -0.2) is 26.5 Å². The number of aromatic nitrogens is 3.